The Morgan fingerprint density at radius 2 is 2.15 bits per heavy atom. The lowest BCUT2D eigenvalue weighted by Gasteiger charge is -2.12. The molecule has 1 aliphatic rings. The number of ketones is 1. The first-order chi connectivity index (χ1) is 6.06. The predicted molar refractivity (Wildman–Crippen MR) is 49.9 cm³/mol. The quantitative estimate of drug-likeness (QED) is 0.667. The molecular weight excluding hydrogens is 190 g/mol. The summed E-state index contributed by atoms with van der Waals surface area (Å²) in [7, 11) is -3.09. The first-order valence-electron chi connectivity index (χ1n) is 4.56. The molecule has 1 fully saturated rings. The molecule has 0 aromatic heterocycles. The lowest BCUT2D eigenvalue weighted by molar-refractivity contribution is -0.119. The number of Topliss-reactive ketones (excluding diaryl/α,β-unsaturated/α-hetero) is 1. The second-order valence-corrected chi connectivity index (χ2v) is 5.38. The molecule has 0 N–H and O–H groups in total. The van der Waals surface area contributed by atoms with Crippen LogP contribution in [0.25, 0.3) is 0 Å². The third-order valence-corrected chi connectivity index (χ3v) is 3.99. The van der Waals surface area contributed by atoms with E-state index in [-0.39, 0.29) is 18.1 Å². The van der Waals surface area contributed by atoms with Gasteiger partial charge in [0.05, 0.1) is 12.3 Å². The van der Waals surface area contributed by atoms with E-state index >= 15 is 0 Å². The highest BCUT2D eigenvalue weighted by Crippen LogP contribution is 2.13. The van der Waals surface area contributed by atoms with Crippen LogP contribution in [0.5, 0.6) is 0 Å². The van der Waals surface area contributed by atoms with Gasteiger partial charge in [0.2, 0.25) is 10.0 Å². The van der Waals surface area contributed by atoms with Gasteiger partial charge in [-0.25, -0.2) is 8.42 Å². The van der Waals surface area contributed by atoms with Crippen LogP contribution in [0.3, 0.4) is 0 Å². The molecule has 0 aliphatic carbocycles. The standard InChI is InChI=1S/C8H15NO3S/c1-2-4-8(10)7-9-5-3-6-13(9,11)12/h2-7H2,1H3. The molecule has 0 aromatic carbocycles. The van der Waals surface area contributed by atoms with E-state index in [1.54, 1.807) is 0 Å². The molecule has 1 aliphatic heterocycles. The highest BCUT2D eigenvalue weighted by Gasteiger charge is 2.29. The van der Waals surface area contributed by atoms with E-state index in [1.807, 2.05) is 6.92 Å². The summed E-state index contributed by atoms with van der Waals surface area (Å²) >= 11 is 0. The van der Waals surface area contributed by atoms with Crippen molar-refractivity contribution in [3.63, 3.8) is 0 Å². The maximum atomic E-state index is 11.3. The third-order valence-electron chi connectivity index (χ3n) is 2.08. The molecule has 1 saturated heterocycles. The Labute approximate surface area is 79.0 Å². The summed E-state index contributed by atoms with van der Waals surface area (Å²) in [5.41, 5.74) is 0. The molecule has 0 unspecified atom stereocenters. The molecule has 1 rings (SSSR count). The molecule has 0 saturated carbocycles. The summed E-state index contributed by atoms with van der Waals surface area (Å²) in [4.78, 5) is 11.2. The Bertz CT molecular complexity index is 284. The third kappa shape index (κ3) is 2.77. The lowest BCUT2D eigenvalue weighted by atomic mass is 10.2. The highest BCUT2D eigenvalue weighted by molar-refractivity contribution is 7.89. The number of sulfonamides is 1. The van der Waals surface area contributed by atoms with Crippen LogP contribution in [0, 0.1) is 0 Å². The Balaban J connectivity index is 2.50. The van der Waals surface area contributed by atoms with Gasteiger partial charge in [0.25, 0.3) is 0 Å². The number of carbonyl (C=O) groups excluding carboxylic acids is 1. The van der Waals surface area contributed by atoms with E-state index in [0.29, 0.717) is 19.4 Å². The molecule has 5 heteroatoms. The molecule has 0 atom stereocenters. The number of rotatable bonds is 4. The van der Waals surface area contributed by atoms with Crippen molar-refractivity contribution in [2.45, 2.75) is 26.2 Å². The van der Waals surface area contributed by atoms with Crippen LogP contribution in [0.2, 0.25) is 0 Å². The Morgan fingerprint density at radius 1 is 1.46 bits per heavy atom. The van der Waals surface area contributed by atoms with Crippen molar-refractivity contribution in [1.82, 2.24) is 4.31 Å². The van der Waals surface area contributed by atoms with Gasteiger partial charge in [-0.05, 0) is 12.8 Å². The monoisotopic (exact) mass is 205 g/mol. The molecule has 0 bridgehead atoms. The van der Waals surface area contributed by atoms with Crippen LogP contribution in [-0.2, 0) is 14.8 Å². The Kier molecular flexibility index (Phi) is 3.44. The SMILES string of the molecule is CCCC(=O)CN1CCCS1(=O)=O. The summed E-state index contributed by atoms with van der Waals surface area (Å²) in [5, 5.41) is 0. The highest BCUT2D eigenvalue weighted by atomic mass is 32.2. The van der Waals surface area contributed by atoms with E-state index in [0.717, 1.165) is 6.42 Å². The topological polar surface area (TPSA) is 54.5 Å². The normalized spacial score (nSPS) is 21.9. The minimum Gasteiger partial charge on any atom is -0.298 e. The molecule has 1 heterocycles. The number of carbonyl (C=O) groups is 1. The minimum absolute atomic E-state index is 0.0213. The van der Waals surface area contributed by atoms with Gasteiger partial charge in [-0.2, -0.15) is 4.31 Å². The zero-order valence-electron chi connectivity index (χ0n) is 7.82. The largest absolute Gasteiger partial charge is 0.298 e. The van der Waals surface area contributed by atoms with E-state index in [2.05, 4.69) is 0 Å². The van der Waals surface area contributed by atoms with Crippen LogP contribution in [0.15, 0.2) is 0 Å². The number of hydrogen-bond acceptors (Lipinski definition) is 3. The Morgan fingerprint density at radius 3 is 2.62 bits per heavy atom. The van der Waals surface area contributed by atoms with Gasteiger partial charge in [-0.15, -0.1) is 0 Å². The predicted octanol–water partition coefficient (Wildman–Crippen LogP) is 0.391. The maximum Gasteiger partial charge on any atom is 0.214 e. The second kappa shape index (κ2) is 4.19. The van der Waals surface area contributed by atoms with Crippen LogP contribution in [0.1, 0.15) is 26.2 Å². The molecule has 0 radical (unpaired) electrons. The van der Waals surface area contributed by atoms with E-state index in [1.165, 1.54) is 4.31 Å². The summed E-state index contributed by atoms with van der Waals surface area (Å²) in [5.74, 6) is 0.222. The molecule has 4 nitrogen and oxygen atoms in total. The van der Waals surface area contributed by atoms with E-state index < -0.39 is 10.0 Å². The fourth-order valence-electron chi connectivity index (χ4n) is 1.42. The summed E-state index contributed by atoms with van der Waals surface area (Å²) < 4.78 is 23.8. The zero-order valence-corrected chi connectivity index (χ0v) is 8.64. The fraction of sp³-hybridized carbons (Fsp3) is 0.875. The molecule has 0 spiro atoms. The van der Waals surface area contributed by atoms with Crippen LogP contribution in [-0.4, -0.2) is 37.3 Å². The summed E-state index contributed by atoms with van der Waals surface area (Å²) in [6.45, 7) is 2.50. The second-order valence-electron chi connectivity index (χ2n) is 3.29. The average molecular weight is 205 g/mol. The first kappa shape index (κ1) is 10.7. The van der Waals surface area contributed by atoms with E-state index in [4.69, 9.17) is 0 Å². The van der Waals surface area contributed by atoms with E-state index in [9.17, 15) is 13.2 Å². The van der Waals surface area contributed by atoms with Crippen LogP contribution >= 0.6 is 0 Å². The van der Waals surface area contributed by atoms with Crippen molar-refractivity contribution in [2.75, 3.05) is 18.8 Å². The van der Waals surface area contributed by atoms with Gasteiger partial charge in [0, 0.05) is 13.0 Å². The van der Waals surface area contributed by atoms with Crippen LogP contribution < -0.4 is 0 Å². The van der Waals surface area contributed by atoms with Crippen LogP contribution in [0.4, 0.5) is 0 Å². The number of hydrogen-bond donors (Lipinski definition) is 0. The maximum absolute atomic E-state index is 11.3. The van der Waals surface area contributed by atoms with Crippen molar-refractivity contribution in [3.05, 3.63) is 0 Å². The van der Waals surface area contributed by atoms with Crippen molar-refractivity contribution in [2.24, 2.45) is 0 Å². The minimum atomic E-state index is -3.09. The van der Waals surface area contributed by atoms with Crippen molar-refractivity contribution in [3.8, 4) is 0 Å². The van der Waals surface area contributed by atoms with Gasteiger partial charge in [-0.3, -0.25) is 4.79 Å². The van der Waals surface area contributed by atoms with Crippen molar-refractivity contribution < 1.29 is 13.2 Å². The smallest absolute Gasteiger partial charge is 0.214 e. The molecular formula is C8H15NO3S. The van der Waals surface area contributed by atoms with Gasteiger partial charge in [0.1, 0.15) is 5.78 Å². The molecule has 13 heavy (non-hydrogen) atoms. The summed E-state index contributed by atoms with van der Waals surface area (Å²) in [6.07, 6.45) is 1.92. The van der Waals surface area contributed by atoms with Gasteiger partial charge in [-0.1, -0.05) is 6.92 Å². The first-order valence-corrected chi connectivity index (χ1v) is 6.16. The van der Waals surface area contributed by atoms with Gasteiger partial charge in [0.15, 0.2) is 0 Å². The Hall–Kier alpha value is -0.420. The fourth-order valence-corrected chi connectivity index (χ4v) is 2.92. The molecule has 0 aromatic rings. The van der Waals surface area contributed by atoms with Crippen molar-refractivity contribution >= 4 is 15.8 Å². The lowest BCUT2D eigenvalue weighted by Crippen LogP contribution is -2.31. The number of nitrogens with zero attached hydrogens (tertiary/aromatic N) is 1. The molecule has 0 amide bonds. The van der Waals surface area contributed by atoms with Crippen molar-refractivity contribution in [1.29, 1.82) is 0 Å². The zero-order chi connectivity index (χ0) is 9.90. The average Bonchev–Trinajstić information content (AvgIpc) is 2.31. The van der Waals surface area contributed by atoms with Gasteiger partial charge >= 0.3 is 0 Å². The summed E-state index contributed by atoms with van der Waals surface area (Å²) in [6, 6.07) is 0. The van der Waals surface area contributed by atoms with Gasteiger partial charge < -0.3 is 0 Å². The molecule has 76 valence electrons.